The number of ether oxygens (including phenoxy) is 1. The van der Waals surface area contributed by atoms with E-state index in [9.17, 15) is 17.6 Å². The number of alkyl halides is 1. The van der Waals surface area contributed by atoms with Crippen molar-refractivity contribution in [3.8, 4) is 11.1 Å². The number of carbonyl (C=O) groups excluding carboxylic acids is 1. The molecule has 0 unspecified atom stereocenters. The van der Waals surface area contributed by atoms with Crippen LogP contribution < -0.4 is 4.72 Å². The molecule has 2 aromatic rings. The molecule has 2 aliphatic rings. The van der Waals surface area contributed by atoms with E-state index in [2.05, 4.69) is 10.8 Å². The maximum Gasteiger partial charge on any atom is 0.410 e. The number of likely N-dealkylation sites (tertiary alicyclic amines) is 1. The molecular formula is C23H27FN2O4S. The van der Waals surface area contributed by atoms with Gasteiger partial charge in [0.25, 0.3) is 0 Å². The van der Waals surface area contributed by atoms with Crippen LogP contribution in [0.4, 0.5) is 9.18 Å². The first-order valence-electron chi connectivity index (χ1n) is 10.5. The molecular weight excluding hydrogens is 419 g/mol. The molecule has 2 aromatic carbocycles. The van der Waals surface area contributed by atoms with Crippen LogP contribution in [-0.2, 0) is 21.2 Å². The Morgan fingerprint density at radius 3 is 2.55 bits per heavy atom. The standard InChI is InChI=1S/C23H27FN2O4S/c1-31(28,29)25-20-10-13-26(22(27)30-16-23(24)11-12-23)21(20)15-17-6-5-9-19(14-17)18-7-3-2-4-8-18/h2-9,14,20-21,25H,10-13,15-16H2,1H3/t20-,21-/m0/s1. The van der Waals surface area contributed by atoms with E-state index >= 15 is 0 Å². The van der Waals surface area contributed by atoms with E-state index < -0.39 is 33.9 Å². The van der Waals surface area contributed by atoms with E-state index in [0.29, 0.717) is 32.2 Å². The van der Waals surface area contributed by atoms with Gasteiger partial charge in [0.2, 0.25) is 10.0 Å². The van der Waals surface area contributed by atoms with Gasteiger partial charge in [-0.15, -0.1) is 0 Å². The zero-order chi connectivity index (χ0) is 22.1. The largest absolute Gasteiger partial charge is 0.446 e. The van der Waals surface area contributed by atoms with Gasteiger partial charge in [-0.05, 0) is 42.4 Å². The fraction of sp³-hybridized carbons (Fsp3) is 0.435. The molecule has 1 amide bonds. The summed E-state index contributed by atoms with van der Waals surface area (Å²) in [7, 11) is -3.45. The number of nitrogens with zero attached hydrogens (tertiary/aromatic N) is 1. The minimum absolute atomic E-state index is 0.247. The number of rotatable bonds is 7. The van der Waals surface area contributed by atoms with Gasteiger partial charge in [0.1, 0.15) is 12.3 Å². The minimum Gasteiger partial charge on any atom is -0.446 e. The average molecular weight is 447 g/mol. The number of benzene rings is 2. The fourth-order valence-electron chi connectivity index (χ4n) is 4.05. The number of halogens is 1. The van der Waals surface area contributed by atoms with Gasteiger partial charge in [-0.2, -0.15) is 0 Å². The highest BCUT2D eigenvalue weighted by Gasteiger charge is 2.46. The second-order valence-corrected chi connectivity index (χ2v) is 10.3. The molecule has 1 aliphatic carbocycles. The molecule has 4 rings (SSSR count). The summed E-state index contributed by atoms with van der Waals surface area (Å²) in [6, 6.07) is 17.1. The van der Waals surface area contributed by atoms with Gasteiger partial charge in [-0.25, -0.2) is 22.3 Å². The number of carbonyl (C=O) groups is 1. The van der Waals surface area contributed by atoms with Crippen molar-refractivity contribution in [3.63, 3.8) is 0 Å². The van der Waals surface area contributed by atoms with Gasteiger partial charge in [-0.1, -0.05) is 54.6 Å². The van der Waals surface area contributed by atoms with Crippen LogP contribution >= 0.6 is 0 Å². The third-order valence-electron chi connectivity index (χ3n) is 5.87. The van der Waals surface area contributed by atoms with Crippen molar-refractivity contribution in [1.29, 1.82) is 0 Å². The Morgan fingerprint density at radius 2 is 1.87 bits per heavy atom. The van der Waals surface area contributed by atoms with Crippen LogP contribution in [-0.4, -0.2) is 56.6 Å². The summed E-state index contributed by atoms with van der Waals surface area (Å²) < 4.78 is 45.5. The summed E-state index contributed by atoms with van der Waals surface area (Å²) in [4.78, 5) is 14.2. The number of hydrogen-bond acceptors (Lipinski definition) is 4. The van der Waals surface area contributed by atoms with E-state index in [-0.39, 0.29) is 6.61 Å². The summed E-state index contributed by atoms with van der Waals surface area (Å²) in [5, 5.41) is 0. The van der Waals surface area contributed by atoms with E-state index in [1.165, 1.54) is 4.90 Å². The zero-order valence-corrected chi connectivity index (χ0v) is 18.3. The summed E-state index contributed by atoms with van der Waals surface area (Å²) in [6.07, 6.45) is 2.28. The number of sulfonamides is 1. The summed E-state index contributed by atoms with van der Waals surface area (Å²) in [5.41, 5.74) is 1.72. The SMILES string of the molecule is CS(=O)(=O)N[C@H]1CCN(C(=O)OCC2(F)CC2)[C@H]1Cc1cccc(-c2ccccc2)c1. The normalized spacial score (nSPS) is 22.3. The Labute approximate surface area is 182 Å². The Kier molecular flexibility index (Phi) is 6.03. The Balaban J connectivity index is 1.54. The van der Waals surface area contributed by atoms with Crippen LogP contribution in [0.1, 0.15) is 24.8 Å². The van der Waals surface area contributed by atoms with Crippen LogP contribution in [0.2, 0.25) is 0 Å². The highest BCUT2D eigenvalue weighted by Crippen LogP contribution is 2.40. The van der Waals surface area contributed by atoms with Crippen molar-refractivity contribution >= 4 is 16.1 Å². The van der Waals surface area contributed by atoms with E-state index in [1.54, 1.807) is 0 Å². The molecule has 2 fully saturated rings. The van der Waals surface area contributed by atoms with Crippen molar-refractivity contribution < 1.29 is 22.3 Å². The maximum absolute atomic E-state index is 13.9. The lowest BCUT2D eigenvalue weighted by molar-refractivity contribution is 0.0668. The van der Waals surface area contributed by atoms with E-state index in [1.807, 2.05) is 48.5 Å². The second kappa shape index (κ2) is 8.59. The van der Waals surface area contributed by atoms with Gasteiger partial charge < -0.3 is 9.64 Å². The molecule has 2 atom stereocenters. The number of amides is 1. The topological polar surface area (TPSA) is 75.7 Å². The van der Waals surface area contributed by atoms with Crippen molar-refractivity contribution in [2.45, 2.75) is 43.4 Å². The quantitative estimate of drug-likeness (QED) is 0.706. The predicted octanol–water partition coefficient (Wildman–Crippen LogP) is 3.53. The molecule has 0 radical (unpaired) electrons. The van der Waals surface area contributed by atoms with Crippen LogP contribution in [0.25, 0.3) is 11.1 Å². The summed E-state index contributed by atoms with van der Waals surface area (Å²) in [5.74, 6) is 0. The molecule has 0 aromatic heterocycles. The lowest BCUT2D eigenvalue weighted by Crippen LogP contribution is -2.48. The first kappa shape index (κ1) is 21.8. The first-order chi connectivity index (χ1) is 14.7. The minimum atomic E-state index is -3.45. The Hall–Kier alpha value is -2.45. The monoisotopic (exact) mass is 446 g/mol. The molecule has 1 N–H and O–H groups in total. The third-order valence-corrected chi connectivity index (χ3v) is 6.60. The molecule has 1 aliphatic heterocycles. The van der Waals surface area contributed by atoms with Crippen LogP contribution in [0.3, 0.4) is 0 Å². The Bertz CT molecular complexity index is 1040. The van der Waals surface area contributed by atoms with Crippen molar-refractivity contribution in [2.75, 3.05) is 19.4 Å². The molecule has 0 spiro atoms. The molecule has 31 heavy (non-hydrogen) atoms. The molecule has 0 bridgehead atoms. The summed E-state index contributed by atoms with van der Waals surface area (Å²) >= 11 is 0. The number of nitrogens with one attached hydrogen (secondary N) is 1. The van der Waals surface area contributed by atoms with Gasteiger partial charge >= 0.3 is 6.09 Å². The molecule has 166 valence electrons. The highest BCUT2D eigenvalue weighted by atomic mass is 32.2. The average Bonchev–Trinajstić information content (AvgIpc) is 3.36. The van der Waals surface area contributed by atoms with Crippen molar-refractivity contribution in [3.05, 3.63) is 60.2 Å². The molecule has 6 nitrogen and oxygen atoms in total. The van der Waals surface area contributed by atoms with Gasteiger partial charge in [0.15, 0.2) is 0 Å². The van der Waals surface area contributed by atoms with Gasteiger partial charge in [-0.3, -0.25) is 0 Å². The lowest BCUT2D eigenvalue weighted by Gasteiger charge is -2.28. The molecule has 1 heterocycles. The lowest BCUT2D eigenvalue weighted by atomic mass is 9.97. The van der Waals surface area contributed by atoms with Gasteiger partial charge in [0.05, 0.1) is 12.3 Å². The molecule has 1 saturated heterocycles. The fourth-order valence-corrected chi connectivity index (χ4v) is 4.87. The molecule has 8 heteroatoms. The van der Waals surface area contributed by atoms with Crippen LogP contribution in [0.15, 0.2) is 54.6 Å². The number of hydrogen-bond donors (Lipinski definition) is 1. The maximum atomic E-state index is 13.9. The van der Waals surface area contributed by atoms with Crippen LogP contribution in [0, 0.1) is 0 Å². The van der Waals surface area contributed by atoms with Crippen LogP contribution in [0.5, 0.6) is 0 Å². The third kappa shape index (κ3) is 5.62. The summed E-state index contributed by atoms with van der Waals surface area (Å²) in [6.45, 7) is 0.108. The van der Waals surface area contributed by atoms with E-state index in [4.69, 9.17) is 4.74 Å². The predicted molar refractivity (Wildman–Crippen MR) is 117 cm³/mol. The highest BCUT2D eigenvalue weighted by molar-refractivity contribution is 7.88. The van der Waals surface area contributed by atoms with E-state index in [0.717, 1.165) is 22.9 Å². The zero-order valence-electron chi connectivity index (χ0n) is 17.5. The van der Waals surface area contributed by atoms with Crippen molar-refractivity contribution in [2.24, 2.45) is 0 Å². The smallest absolute Gasteiger partial charge is 0.410 e. The molecule has 1 saturated carbocycles. The van der Waals surface area contributed by atoms with Crippen molar-refractivity contribution in [1.82, 2.24) is 9.62 Å². The second-order valence-electron chi connectivity index (χ2n) is 8.52. The Morgan fingerprint density at radius 1 is 1.16 bits per heavy atom. The first-order valence-corrected chi connectivity index (χ1v) is 12.4. The van der Waals surface area contributed by atoms with Gasteiger partial charge in [0, 0.05) is 12.6 Å².